The first-order valence-corrected chi connectivity index (χ1v) is 4.12. The van der Waals surface area contributed by atoms with Crippen LogP contribution in [0.4, 0.5) is 13.2 Å². The monoisotopic (exact) mass is 362 g/mol. The molecule has 0 aromatic rings. The molecule has 0 unspecified atom stereocenters. The molecule has 0 rings (SSSR count). The van der Waals surface area contributed by atoms with E-state index in [1.807, 2.05) is 0 Å². The molecule has 0 saturated heterocycles. The van der Waals surface area contributed by atoms with Crippen molar-refractivity contribution < 1.29 is 13.2 Å². The van der Waals surface area contributed by atoms with Gasteiger partial charge in [0.25, 0.3) is 6.43 Å². The van der Waals surface area contributed by atoms with Gasteiger partial charge in [-0.05, 0) is 57.3 Å². The molecule has 9 heavy (non-hydrogen) atoms. The zero-order valence-electron chi connectivity index (χ0n) is 4.12. The van der Waals surface area contributed by atoms with Gasteiger partial charge in [-0.2, -0.15) is 0 Å². The van der Waals surface area contributed by atoms with E-state index in [1.54, 1.807) is 0 Å². The van der Waals surface area contributed by atoms with Gasteiger partial charge in [0.2, 0.25) is 1.68 Å². The Morgan fingerprint density at radius 1 is 1.33 bits per heavy atom. The Labute approximate surface area is 78.2 Å². The van der Waals surface area contributed by atoms with Gasteiger partial charge in [0.05, 0.1) is 0 Å². The molecule has 0 aromatic heterocycles. The van der Waals surface area contributed by atoms with Crippen molar-refractivity contribution in [3.05, 3.63) is 12.2 Å². The molecule has 0 aliphatic heterocycles. The molecule has 0 nitrogen and oxygen atoms in total. The second-order valence-corrected chi connectivity index (χ2v) is 6.44. The van der Waals surface area contributed by atoms with Crippen molar-refractivity contribution in [3.8, 4) is 0 Å². The normalized spacial score (nSPS) is 13.6. The summed E-state index contributed by atoms with van der Waals surface area (Å²) in [6, 6.07) is 0. The van der Waals surface area contributed by atoms with Gasteiger partial charge in [0.1, 0.15) is 0 Å². The lowest BCUT2D eigenvalue weighted by atomic mass is 10.5. The third kappa shape index (κ3) is 8.99. The minimum atomic E-state index is -2.57. The molecular formula is C4H3F3I2. The average molecular weight is 362 g/mol. The quantitative estimate of drug-likeness (QED) is 0.402. The lowest BCUT2D eigenvalue weighted by Crippen LogP contribution is -1.95. The maximum Gasteiger partial charge on any atom is 0.257 e. The third-order valence-corrected chi connectivity index (χ3v) is 1.15. The summed E-state index contributed by atoms with van der Waals surface area (Å²) in [5.41, 5.74) is 0. The van der Waals surface area contributed by atoms with E-state index in [-0.39, 0.29) is 0 Å². The van der Waals surface area contributed by atoms with Crippen LogP contribution in [0.15, 0.2) is 12.2 Å². The molecule has 0 aromatic carbocycles. The Hall–Kier alpha value is 0.990. The first-order valence-electron chi connectivity index (χ1n) is 1.96. The highest BCUT2D eigenvalue weighted by molar-refractivity contribution is 14.2. The van der Waals surface area contributed by atoms with Gasteiger partial charge < -0.3 is 0 Å². The van der Waals surface area contributed by atoms with Crippen molar-refractivity contribution in [1.82, 2.24) is 0 Å². The highest BCUT2D eigenvalue weighted by Gasteiger charge is 2.15. The van der Waals surface area contributed by atoms with Crippen molar-refractivity contribution in [2.24, 2.45) is 0 Å². The summed E-state index contributed by atoms with van der Waals surface area (Å²) in [7, 11) is 0. The highest BCUT2D eigenvalue weighted by atomic mass is 127. The van der Waals surface area contributed by atoms with Gasteiger partial charge >= 0.3 is 0 Å². The molecule has 0 amide bonds. The Balaban J connectivity index is 3.71. The van der Waals surface area contributed by atoms with Crippen molar-refractivity contribution in [2.45, 2.75) is 8.11 Å². The summed E-state index contributed by atoms with van der Waals surface area (Å²) in [6.45, 7) is 0. The van der Waals surface area contributed by atoms with Crippen molar-refractivity contribution >= 4 is 45.2 Å². The van der Waals surface area contributed by atoms with Gasteiger partial charge in [0.15, 0.2) is 0 Å². The van der Waals surface area contributed by atoms with Crippen LogP contribution in [0.1, 0.15) is 0 Å². The number of alkyl halides is 5. The molecule has 0 atom stereocenters. The summed E-state index contributed by atoms with van der Waals surface area (Å²) in [4.78, 5) is 0. The minimum Gasteiger partial charge on any atom is -0.216 e. The number of hydrogen-bond donors (Lipinski definition) is 0. The Morgan fingerprint density at radius 3 is 1.89 bits per heavy atom. The second-order valence-electron chi connectivity index (χ2n) is 1.24. The molecular weight excluding hydrogens is 359 g/mol. The third-order valence-electron chi connectivity index (χ3n) is 0.431. The largest absolute Gasteiger partial charge is 0.257 e. The molecule has 54 valence electrons. The predicted octanol–water partition coefficient (Wildman–Crippen LogP) is 3.30. The van der Waals surface area contributed by atoms with Crippen LogP contribution < -0.4 is 0 Å². The van der Waals surface area contributed by atoms with Gasteiger partial charge in [-0.15, -0.1) is 0 Å². The smallest absolute Gasteiger partial charge is 0.216 e. The van der Waals surface area contributed by atoms with Gasteiger partial charge in [-0.1, -0.05) is 0 Å². The lowest BCUT2D eigenvalue weighted by Gasteiger charge is -2.00. The van der Waals surface area contributed by atoms with E-state index in [2.05, 4.69) is 0 Å². The number of halogens is 5. The summed E-state index contributed by atoms with van der Waals surface area (Å²) < 4.78 is 33.2. The Morgan fingerprint density at radius 2 is 1.78 bits per heavy atom. The molecule has 0 bridgehead atoms. The fourth-order valence-corrected chi connectivity index (χ4v) is 0.597. The molecule has 0 fully saturated rings. The zero-order chi connectivity index (χ0) is 7.49. The standard InChI is InChI=1S/C4H3F3I2/c5-3(6)1-2-4(7,8)9/h1-3H. The van der Waals surface area contributed by atoms with Crippen LogP contribution >= 0.6 is 45.2 Å². The zero-order valence-corrected chi connectivity index (χ0v) is 8.44. The van der Waals surface area contributed by atoms with E-state index in [0.29, 0.717) is 6.08 Å². The van der Waals surface area contributed by atoms with Gasteiger partial charge in [-0.25, -0.2) is 13.2 Å². The van der Waals surface area contributed by atoms with Crippen molar-refractivity contribution in [1.29, 1.82) is 0 Å². The van der Waals surface area contributed by atoms with E-state index >= 15 is 0 Å². The Kier molecular flexibility index (Phi) is 4.43. The molecule has 0 radical (unpaired) electrons. The maximum atomic E-state index is 12.3. The van der Waals surface area contributed by atoms with Crippen LogP contribution in [-0.2, 0) is 0 Å². The number of hydrogen-bond acceptors (Lipinski definition) is 0. The summed E-state index contributed by atoms with van der Waals surface area (Å²) in [6.07, 6.45) is -1.22. The molecule has 0 heterocycles. The van der Waals surface area contributed by atoms with Crippen LogP contribution in [0.3, 0.4) is 0 Å². The van der Waals surface area contributed by atoms with Crippen LogP contribution in [0.2, 0.25) is 0 Å². The molecule has 5 heteroatoms. The lowest BCUT2D eigenvalue weighted by molar-refractivity contribution is 0.203. The Bertz CT molecular complexity index is 105. The van der Waals surface area contributed by atoms with Crippen LogP contribution in [-0.4, -0.2) is 8.11 Å². The second kappa shape index (κ2) is 3.99. The summed E-state index contributed by atoms with van der Waals surface area (Å²) in [5.74, 6) is 0. The van der Waals surface area contributed by atoms with Gasteiger partial charge in [-0.3, -0.25) is 0 Å². The molecule has 0 aliphatic rings. The van der Waals surface area contributed by atoms with Crippen LogP contribution in [0.25, 0.3) is 0 Å². The SMILES string of the molecule is FC(F)C=CC(F)(I)I. The van der Waals surface area contributed by atoms with E-state index < -0.39 is 8.11 Å². The van der Waals surface area contributed by atoms with E-state index in [9.17, 15) is 13.2 Å². The number of allylic oxidation sites excluding steroid dienone is 2. The van der Waals surface area contributed by atoms with E-state index in [1.165, 1.54) is 45.2 Å². The molecule has 0 aliphatic carbocycles. The van der Waals surface area contributed by atoms with E-state index in [0.717, 1.165) is 6.08 Å². The summed E-state index contributed by atoms with van der Waals surface area (Å²) in [5, 5.41) is 0. The van der Waals surface area contributed by atoms with Crippen LogP contribution in [0, 0.1) is 0 Å². The molecule has 0 saturated carbocycles. The molecule has 0 spiro atoms. The van der Waals surface area contributed by atoms with Gasteiger partial charge in [0, 0.05) is 0 Å². The van der Waals surface area contributed by atoms with E-state index in [4.69, 9.17) is 0 Å². The van der Waals surface area contributed by atoms with Crippen molar-refractivity contribution in [2.75, 3.05) is 0 Å². The minimum absolute atomic E-state index is 0.527. The first kappa shape index (κ1) is 9.99. The predicted molar refractivity (Wildman–Crippen MR) is 47.0 cm³/mol. The highest BCUT2D eigenvalue weighted by Crippen LogP contribution is 2.30. The molecule has 0 N–H and O–H groups in total. The fourth-order valence-electron chi connectivity index (χ4n) is 0.182. The number of rotatable bonds is 2. The summed E-state index contributed by atoms with van der Waals surface area (Å²) >= 11 is 2.82. The van der Waals surface area contributed by atoms with Crippen LogP contribution in [0.5, 0.6) is 0 Å². The maximum absolute atomic E-state index is 12.3. The van der Waals surface area contributed by atoms with Crippen molar-refractivity contribution in [3.63, 3.8) is 0 Å². The fraction of sp³-hybridized carbons (Fsp3) is 0.500. The first-order chi connectivity index (χ1) is 3.92. The average Bonchev–Trinajstić information content (AvgIpc) is 1.59. The topological polar surface area (TPSA) is 0 Å².